The fourth-order valence-electron chi connectivity index (χ4n) is 5.72. The number of aryl methyl sites for hydroxylation is 1. The SMILES string of the molecule is O=C(CC1CCc2ccccc21)N1CCN(C2CCC3CNNC3C2)C(=O)C1. The Morgan fingerprint density at radius 2 is 2.04 bits per heavy atom. The summed E-state index contributed by atoms with van der Waals surface area (Å²) in [4.78, 5) is 29.6. The van der Waals surface area contributed by atoms with E-state index in [4.69, 9.17) is 0 Å². The fourth-order valence-corrected chi connectivity index (χ4v) is 5.72. The van der Waals surface area contributed by atoms with Crippen molar-refractivity contribution < 1.29 is 9.59 Å². The van der Waals surface area contributed by atoms with Gasteiger partial charge < -0.3 is 9.80 Å². The van der Waals surface area contributed by atoms with E-state index in [-0.39, 0.29) is 18.4 Å². The molecule has 28 heavy (non-hydrogen) atoms. The van der Waals surface area contributed by atoms with Crippen LogP contribution >= 0.6 is 0 Å². The lowest BCUT2D eigenvalue weighted by Crippen LogP contribution is -2.57. The predicted octanol–water partition coefficient (Wildman–Crippen LogP) is 1.42. The molecule has 150 valence electrons. The monoisotopic (exact) mass is 382 g/mol. The molecule has 4 aliphatic rings. The van der Waals surface area contributed by atoms with Crippen LogP contribution in [0.3, 0.4) is 0 Å². The van der Waals surface area contributed by atoms with Gasteiger partial charge in [-0.3, -0.25) is 20.4 Å². The van der Waals surface area contributed by atoms with Gasteiger partial charge in [-0.25, -0.2) is 0 Å². The first-order chi connectivity index (χ1) is 13.7. The Labute approximate surface area is 166 Å². The third-order valence-electron chi connectivity index (χ3n) is 7.35. The van der Waals surface area contributed by atoms with Gasteiger partial charge in [0, 0.05) is 38.1 Å². The van der Waals surface area contributed by atoms with E-state index < -0.39 is 0 Å². The van der Waals surface area contributed by atoms with E-state index in [9.17, 15) is 9.59 Å². The molecule has 2 amide bonds. The lowest BCUT2D eigenvalue weighted by Gasteiger charge is -2.43. The number of carbonyl (C=O) groups excluding carboxylic acids is 2. The highest BCUT2D eigenvalue weighted by Gasteiger charge is 2.39. The molecule has 4 unspecified atom stereocenters. The molecule has 4 atom stereocenters. The third kappa shape index (κ3) is 3.33. The van der Waals surface area contributed by atoms with Crippen LogP contribution in [0.4, 0.5) is 0 Å². The van der Waals surface area contributed by atoms with Crippen LogP contribution in [-0.2, 0) is 16.0 Å². The van der Waals surface area contributed by atoms with Gasteiger partial charge in [0.2, 0.25) is 11.8 Å². The molecule has 0 spiro atoms. The summed E-state index contributed by atoms with van der Waals surface area (Å²) in [5, 5.41) is 0. The maximum atomic E-state index is 12.9. The number of rotatable bonds is 3. The Morgan fingerprint density at radius 3 is 2.93 bits per heavy atom. The highest BCUT2D eigenvalue weighted by Crippen LogP contribution is 2.36. The van der Waals surface area contributed by atoms with Crippen LogP contribution in [-0.4, -0.2) is 59.9 Å². The van der Waals surface area contributed by atoms with Crippen molar-refractivity contribution in [3.8, 4) is 0 Å². The molecular formula is C22H30N4O2. The smallest absolute Gasteiger partial charge is 0.242 e. The number of amides is 2. The first-order valence-corrected chi connectivity index (χ1v) is 10.8. The lowest BCUT2D eigenvalue weighted by molar-refractivity contribution is -0.148. The summed E-state index contributed by atoms with van der Waals surface area (Å²) in [7, 11) is 0. The molecule has 2 heterocycles. The zero-order valence-corrected chi connectivity index (χ0v) is 16.4. The Kier molecular flexibility index (Phi) is 4.85. The standard InChI is InChI=1S/C22H30N4O2/c27-21(11-16-6-5-15-3-1-2-4-19(15)16)25-9-10-26(22(28)14-25)18-8-7-17-13-23-24-20(17)12-18/h1-4,16-18,20,23-24H,5-14H2. The van der Waals surface area contributed by atoms with Gasteiger partial charge in [-0.2, -0.15) is 0 Å². The van der Waals surface area contributed by atoms with Gasteiger partial charge in [0.1, 0.15) is 0 Å². The molecule has 5 rings (SSSR count). The van der Waals surface area contributed by atoms with Crippen molar-refractivity contribution in [2.45, 2.75) is 56.5 Å². The van der Waals surface area contributed by atoms with Gasteiger partial charge in [-0.15, -0.1) is 0 Å². The summed E-state index contributed by atoms with van der Waals surface area (Å²) in [6, 6.07) is 9.27. The quantitative estimate of drug-likeness (QED) is 0.830. The second kappa shape index (κ2) is 7.48. The van der Waals surface area contributed by atoms with Crippen molar-refractivity contribution in [1.29, 1.82) is 0 Å². The number of hydrazine groups is 1. The first-order valence-electron chi connectivity index (χ1n) is 10.8. The van der Waals surface area contributed by atoms with Gasteiger partial charge in [-0.05, 0) is 55.1 Å². The van der Waals surface area contributed by atoms with Crippen molar-refractivity contribution >= 4 is 11.8 Å². The Bertz CT molecular complexity index is 767. The van der Waals surface area contributed by atoms with Gasteiger partial charge in [0.25, 0.3) is 0 Å². The zero-order valence-electron chi connectivity index (χ0n) is 16.4. The topological polar surface area (TPSA) is 64.7 Å². The van der Waals surface area contributed by atoms with Crippen molar-refractivity contribution in [2.24, 2.45) is 5.92 Å². The van der Waals surface area contributed by atoms with Gasteiger partial charge in [0.15, 0.2) is 0 Å². The van der Waals surface area contributed by atoms with Crippen LogP contribution in [0.25, 0.3) is 0 Å². The second-order valence-electron chi connectivity index (χ2n) is 8.90. The van der Waals surface area contributed by atoms with E-state index in [0.29, 0.717) is 43.4 Å². The van der Waals surface area contributed by atoms with E-state index in [1.54, 1.807) is 4.90 Å². The van der Waals surface area contributed by atoms with Crippen LogP contribution in [0.5, 0.6) is 0 Å². The minimum Gasteiger partial charge on any atom is -0.336 e. The van der Waals surface area contributed by atoms with Crippen LogP contribution in [0.1, 0.15) is 49.1 Å². The molecule has 3 fully saturated rings. The van der Waals surface area contributed by atoms with Crippen molar-refractivity contribution in [3.05, 3.63) is 35.4 Å². The Morgan fingerprint density at radius 1 is 1.14 bits per heavy atom. The maximum Gasteiger partial charge on any atom is 0.242 e. The van der Waals surface area contributed by atoms with Crippen LogP contribution in [0.15, 0.2) is 24.3 Å². The summed E-state index contributed by atoms with van der Waals surface area (Å²) in [5.41, 5.74) is 9.33. The zero-order chi connectivity index (χ0) is 19.1. The first kappa shape index (κ1) is 18.1. The second-order valence-corrected chi connectivity index (χ2v) is 8.90. The van der Waals surface area contributed by atoms with Crippen molar-refractivity contribution in [2.75, 3.05) is 26.2 Å². The number of carbonyl (C=O) groups is 2. The van der Waals surface area contributed by atoms with E-state index in [1.165, 1.54) is 17.5 Å². The van der Waals surface area contributed by atoms with E-state index in [0.717, 1.165) is 32.2 Å². The van der Waals surface area contributed by atoms with Crippen LogP contribution < -0.4 is 10.9 Å². The lowest BCUT2D eigenvalue weighted by atomic mass is 9.82. The molecular weight excluding hydrogens is 352 g/mol. The van der Waals surface area contributed by atoms with Gasteiger partial charge >= 0.3 is 0 Å². The van der Waals surface area contributed by atoms with Crippen molar-refractivity contribution in [3.63, 3.8) is 0 Å². The molecule has 6 nitrogen and oxygen atoms in total. The van der Waals surface area contributed by atoms with Crippen LogP contribution in [0.2, 0.25) is 0 Å². The summed E-state index contributed by atoms with van der Waals surface area (Å²) in [6.07, 6.45) is 5.92. The van der Waals surface area contributed by atoms with E-state index >= 15 is 0 Å². The molecule has 0 radical (unpaired) electrons. The number of benzene rings is 1. The number of nitrogens with one attached hydrogen (secondary N) is 2. The molecule has 1 aromatic rings. The van der Waals surface area contributed by atoms with E-state index in [2.05, 4.69) is 35.1 Å². The number of hydrogen-bond acceptors (Lipinski definition) is 4. The highest BCUT2D eigenvalue weighted by atomic mass is 16.2. The number of piperazine rings is 1. The van der Waals surface area contributed by atoms with Crippen LogP contribution in [0, 0.1) is 5.92 Å². The third-order valence-corrected chi connectivity index (χ3v) is 7.35. The summed E-state index contributed by atoms with van der Waals surface area (Å²) < 4.78 is 0. The molecule has 0 aromatic heterocycles. The molecule has 1 aromatic carbocycles. The molecule has 2 N–H and O–H groups in total. The summed E-state index contributed by atoms with van der Waals surface area (Å²) in [6.45, 7) is 2.65. The molecule has 1 saturated carbocycles. The summed E-state index contributed by atoms with van der Waals surface area (Å²) >= 11 is 0. The highest BCUT2D eigenvalue weighted by molar-refractivity contribution is 5.86. The largest absolute Gasteiger partial charge is 0.336 e. The summed E-state index contributed by atoms with van der Waals surface area (Å²) in [5.74, 6) is 1.28. The molecule has 0 bridgehead atoms. The normalized spacial score (nSPS) is 32.4. The Balaban J connectivity index is 1.17. The fraction of sp³-hybridized carbons (Fsp3) is 0.636. The average molecular weight is 383 g/mol. The number of fused-ring (bicyclic) bond motifs is 2. The molecule has 2 aliphatic heterocycles. The minimum absolute atomic E-state index is 0.126. The van der Waals surface area contributed by atoms with Gasteiger partial charge in [-0.1, -0.05) is 24.3 Å². The Hall–Kier alpha value is -1.92. The number of nitrogens with zero attached hydrogens (tertiary/aromatic N) is 2. The van der Waals surface area contributed by atoms with Gasteiger partial charge in [0.05, 0.1) is 6.54 Å². The molecule has 2 aliphatic carbocycles. The molecule has 2 saturated heterocycles. The molecule has 6 heteroatoms. The minimum atomic E-state index is 0.126. The average Bonchev–Trinajstić information content (AvgIpc) is 3.34. The van der Waals surface area contributed by atoms with Crippen molar-refractivity contribution in [1.82, 2.24) is 20.7 Å². The van der Waals surface area contributed by atoms with E-state index in [1.807, 2.05) is 4.90 Å². The predicted molar refractivity (Wildman–Crippen MR) is 106 cm³/mol. The maximum absolute atomic E-state index is 12.9. The number of hydrogen-bond donors (Lipinski definition) is 2.